The van der Waals surface area contributed by atoms with Crippen molar-refractivity contribution >= 4 is 29.9 Å². The average Bonchev–Trinajstić information content (AvgIpc) is 3.11. The zero-order valence-electron chi connectivity index (χ0n) is 15.1. The van der Waals surface area contributed by atoms with Crippen molar-refractivity contribution in [2.45, 2.75) is 32.4 Å². The van der Waals surface area contributed by atoms with Gasteiger partial charge >= 0.3 is 0 Å². The molecule has 7 heteroatoms. The Balaban J connectivity index is 0.00000312. The van der Waals surface area contributed by atoms with E-state index in [0.717, 1.165) is 56.5 Å². The van der Waals surface area contributed by atoms with Gasteiger partial charge in [0.25, 0.3) is 0 Å². The monoisotopic (exact) mass is 463 g/mol. The predicted octanol–water partition coefficient (Wildman–Crippen LogP) is 2.56. The Hall–Kier alpha value is -1.06. The summed E-state index contributed by atoms with van der Waals surface area (Å²) < 4.78 is 16.6. The number of aliphatic imine (C=N–C) groups is 1. The van der Waals surface area contributed by atoms with Crippen LogP contribution in [-0.2, 0) is 16.0 Å². The first-order valence-electron chi connectivity index (χ1n) is 8.67. The zero-order chi connectivity index (χ0) is 17.0. The van der Waals surface area contributed by atoms with Crippen LogP contribution >= 0.6 is 24.0 Å². The molecule has 1 aromatic carbocycles. The molecule has 2 rings (SSSR count). The predicted molar refractivity (Wildman–Crippen MR) is 111 cm³/mol. The van der Waals surface area contributed by atoms with E-state index in [1.807, 2.05) is 25.1 Å². The van der Waals surface area contributed by atoms with E-state index in [1.54, 1.807) is 7.05 Å². The summed E-state index contributed by atoms with van der Waals surface area (Å²) in [5, 5.41) is 6.61. The number of guanidine groups is 1. The number of nitrogens with one attached hydrogen (secondary N) is 2. The Morgan fingerprint density at radius 2 is 2.24 bits per heavy atom. The standard InChI is InChI=1S/C18H29N3O3.HI/c1-3-23-16-7-4-6-15(12-16)13-21-18(19-2)20-9-5-10-24-17-8-11-22-14-17;/h4,6-7,12,17H,3,5,8-11,13-14H2,1-2H3,(H2,19,20,21);1H. The number of halogens is 1. The van der Waals surface area contributed by atoms with E-state index in [9.17, 15) is 0 Å². The second-order valence-electron chi connectivity index (χ2n) is 5.64. The quantitative estimate of drug-likeness (QED) is 0.255. The Bertz CT molecular complexity index is 508. The molecule has 6 nitrogen and oxygen atoms in total. The van der Waals surface area contributed by atoms with Gasteiger partial charge in [0.2, 0.25) is 0 Å². The molecule has 0 aromatic heterocycles. The number of hydrogen-bond acceptors (Lipinski definition) is 4. The maximum atomic E-state index is 5.74. The van der Waals surface area contributed by atoms with Crippen molar-refractivity contribution in [3.63, 3.8) is 0 Å². The molecule has 0 amide bonds. The highest BCUT2D eigenvalue weighted by atomic mass is 127. The largest absolute Gasteiger partial charge is 0.494 e. The lowest BCUT2D eigenvalue weighted by Gasteiger charge is -2.13. The van der Waals surface area contributed by atoms with Gasteiger partial charge in [0, 0.05) is 33.4 Å². The van der Waals surface area contributed by atoms with Gasteiger partial charge in [-0.3, -0.25) is 4.99 Å². The third-order valence-electron chi connectivity index (χ3n) is 3.75. The third-order valence-corrected chi connectivity index (χ3v) is 3.75. The molecule has 1 aliphatic rings. The molecule has 1 aliphatic heterocycles. The van der Waals surface area contributed by atoms with Crippen LogP contribution in [0.15, 0.2) is 29.3 Å². The first-order chi connectivity index (χ1) is 11.8. The molecular weight excluding hydrogens is 433 g/mol. The van der Waals surface area contributed by atoms with Gasteiger partial charge in [-0.05, 0) is 37.5 Å². The van der Waals surface area contributed by atoms with E-state index in [-0.39, 0.29) is 30.1 Å². The molecule has 1 saturated heterocycles. The van der Waals surface area contributed by atoms with Crippen LogP contribution in [0.3, 0.4) is 0 Å². The van der Waals surface area contributed by atoms with Crippen LogP contribution < -0.4 is 15.4 Å². The zero-order valence-corrected chi connectivity index (χ0v) is 17.5. The smallest absolute Gasteiger partial charge is 0.191 e. The third kappa shape index (κ3) is 8.73. The summed E-state index contributed by atoms with van der Waals surface area (Å²) in [5.74, 6) is 1.69. The fourth-order valence-electron chi connectivity index (χ4n) is 2.49. The molecule has 1 atom stereocenters. The van der Waals surface area contributed by atoms with Gasteiger partial charge < -0.3 is 24.8 Å². The van der Waals surface area contributed by atoms with Gasteiger partial charge in [-0.25, -0.2) is 0 Å². The summed E-state index contributed by atoms with van der Waals surface area (Å²) in [4.78, 5) is 4.24. The van der Waals surface area contributed by atoms with Gasteiger partial charge in [-0.1, -0.05) is 12.1 Å². The molecule has 142 valence electrons. The van der Waals surface area contributed by atoms with E-state index in [0.29, 0.717) is 13.2 Å². The topological polar surface area (TPSA) is 64.1 Å². The minimum absolute atomic E-state index is 0. The van der Waals surface area contributed by atoms with Crippen LogP contribution in [0, 0.1) is 0 Å². The van der Waals surface area contributed by atoms with Crippen molar-refractivity contribution in [2.75, 3.05) is 40.0 Å². The van der Waals surface area contributed by atoms with E-state index < -0.39 is 0 Å². The van der Waals surface area contributed by atoms with Gasteiger partial charge in [0.1, 0.15) is 5.75 Å². The number of hydrogen-bond donors (Lipinski definition) is 2. The molecule has 0 saturated carbocycles. The van der Waals surface area contributed by atoms with Crippen molar-refractivity contribution in [1.29, 1.82) is 0 Å². The molecule has 2 N–H and O–H groups in total. The number of ether oxygens (including phenoxy) is 3. The Kier molecular flexibility index (Phi) is 11.6. The van der Waals surface area contributed by atoms with Crippen LogP contribution in [0.1, 0.15) is 25.3 Å². The maximum Gasteiger partial charge on any atom is 0.191 e. The molecule has 1 heterocycles. The Labute approximate surface area is 167 Å². The fourth-order valence-corrected chi connectivity index (χ4v) is 2.49. The van der Waals surface area contributed by atoms with Crippen LogP contribution in [0.25, 0.3) is 0 Å². The molecule has 1 unspecified atom stereocenters. The van der Waals surface area contributed by atoms with E-state index in [4.69, 9.17) is 14.2 Å². The highest BCUT2D eigenvalue weighted by molar-refractivity contribution is 14.0. The van der Waals surface area contributed by atoms with E-state index >= 15 is 0 Å². The minimum atomic E-state index is 0. The molecule has 1 fully saturated rings. The van der Waals surface area contributed by atoms with Crippen molar-refractivity contribution in [3.8, 4) is 5.75 Å². The summed E-state index contributed by atoms with van der Waals surface area (Å²) in [6.07, 6.45) is 2.23. The summed E-state index contributed by atoms with van der Waals surface area (Å²) in [5.41, 5.74) is 1.16. The van der Waals surface area contributed by atoms with Gasteiger partial charge in [0.15, 0.2) is 5.96 Å². The van der Waals surface area contributed by atoms with Crippen LogP contribution in [0.4, 0.5) is 0 Å². The highest BCUT2D eigenvalue weighted by Gasteiger charge is 2.15. The van der Waals surface area contributed by atoms with Gasteiger partial charge in [0.05, 0.1) is 19.3 Å². The van der Waals surface area contributed by atoms with Crippen molar-refractivity contribution in [3.05, 3.63) is 29.8 Å². The summed E-state index contributed by atoms with van der Waals surface area (Å²) in [6.45, 7) is 6.49. The van der Waals surface area contributed by atoms with Crippen LogP contribution in [0.5, 0.6) is 5.75 Å². The number of nitrogens with zero attached hydrogens (tertiary/aromatic N) is 1. The Morgan fingerprint density at radius 3 is 2.96 bits per heavy atom. The van der Waals surface area contributed by atoms with Crippen LogP contribution in [-0.4, -0.2) is 52.1 Å². The second-order valence-corrected chi connectivity index (χ2v) is 5.64. The van der Waals surface area contributed by atoms with E-state index in [1.165, 1.54) is 0 Å². The van der Waals surface area contributed by atoms with Gasteiger partial charge in [-0.2, -0.15) is 0 Å². The normalized spacial score (nSPS) is 17.0. The Morgan fingerprint density at radius 1 is 1.36 bits per heavy atom. The number of benzene rings is 1. The highest BCUT2D eigenvalue weighted by Crippen LogP contribution is 2.13. The van der Waals surface area contributed by atoms with Gasteiger partial charge in [-0.15, -0.1) is 24.0 Å². The van der Waals surface area contributed by atoms with Crippen LogP contribution in [0.2, 0.25) is 0 Å². The first kappa shape index (κ1) is 22.0. The lowest BCUT2D eigenvalue weighted by molar-refractivity contribution is 0.0420. The second kappa shape index (κ2) is 13.2. The molecule has 25 heavy (non-hydrogen) atoms. The SMILES string of the molecule is CCOc1cccc(CNC(=NC)NCCCOC2CCOC2)c1.I. The lowest BCUT2D eigenvalue weighted by atomic mass is 10.2. The number of rotatable bonds is 9. The van der Waals surface area contributed by atoms with Crippen molar-refractivity contribution in [1.82, 2.24) is 10.6 Å². The molecule has 0 radical (unpaired) electrons. The molecule has 0 spiro atoms. The maximum absolute atomic E-state index is 5.74. The molecule has 0 aliphatic carbocycles. The average molecular weight is 463 g/mol. The van der Waals surface area contributed by atoms with E-state index in [2.05, 4.69) is 21.7 Å². The molecular formula is C18H30IN3O3. The van der Waals surface area contributed by atoms with Crippen molar-refractivity contribution in [2.24, 2.45) is 4.99 Å². The molecule has 0 bridgehead atoms. The minimum Gasteiger partial charge on any atom is -0.494 e. The summed E-state index contributed by atoms with van der Waals surface area (Å²) in [7, 11) is 1.78. The lowest BCUT2D eigenvalue weighted by Crippen LogP contribution is -2.37. The molecule has 1 aromatic rings. The summed E-state index contributed by atoms with van der Waals surface area (Å²) >= 11 is 0. The first-order valence-corrected chi connectivity index (χ1v) is 8.67. The summed E-state index contributed by atoms with van der Waals surface area (Å²) in [6, 6.07) is 8.08. The van der Waals surface area contributed by atoms with Crippen molar-refractivity contribution < 1.29 is 14.2 Å². The fraction of sp³-hybridized carbons (Fsp3) is 0.611.